The third kappa shape index (κ3) is 3.09. The number of rotatable bonds is 3. The number of hydrogen-bond acceptors (Lipinski definition) is 2. The van der Waals surface area contributed by atoms with Gasteiger partial charge in [-0.05, 0) is 54.7 Å². The van der Waals surface area contributed by atoms with Gasteiger partial charge < -0.3 is 0 Å². The van der Waals surface area contributed by atoms with Crippen molar-refractivity contribution in [2.75, 3.05) is 0 Å². The highest BCUT2D eigenvalue weighted by Gasteiger charge is 2.31. The van der Waals surface area contributed by atoms with Crippen molar-refractivity contribution < 1.29 is 4.39 Å². The summed E-state index contributed by atoms with van der Waals surface area (Å²) in [5, 5.41) is 0. The van der Waals surface area contributed by atoms with Gasteiger partial charge in [-0.1, -0.05) is 26.0 Å². The molecule has 1 aromatic rings. The summed E-state index contributed by atoms with van der Waals surface area (Å²) in [5.74, 6) is 5.99. The molecule has 3 N–H and O–H groups in total. The minimum absolute atomic E-state index is 0.0665. The van der Waals surface area contributed by atoms with Crippen LogP contribution in [0.4, 0.5) is 4.39 Å². The van der Waals surface area contributed by atoms with Crippen molar-refractivity contribution in [2.24, 2.45) is 17.2 Å². The lowest BCUT2D eigenvalue weighted by Gasteiger charge is -2.38. The summed E-state index contributed by atoms with van der Waals surface area (Å²) in [5.41, 5.74) is 4.28. The predicted molar refractivity (Wildman–Crippen MR) is 72.2 cm³/mol. The number of nitrogens with one attached hydrogen (secondary N) is 1. The lowest BCUT2D eigenvalue weighted by molar-refractivity contribution is 0.161. The van der Waals surface area contributed by atoms with E-state index in [9.17, 15) is 4.39 Å². The predicted octanol–water partition coefficient (Wildman–Crippen LogP) is 3.55. The standard InChI is InChI=1S/C15H23FN2/c1-15(2)8-6-11(7-9-15)14(18-17)12-4-3-5-13(16)10-12/h3-5,10-11,14,18H,6-9,17H2,1-2H3. The maximum atomic E-state index is 13.3. The van der Waals surface area contributed by atoms with Crippen molar-refractivity contribution in [1.29, 1.82) is 0 Å². The molecule has 18 heavy (non-hydrogen) atoms. The highest BCUT2D eigenvalue weighted by Crippen LogP contribution is 2.42. The Bertz CT molecular complexity index is 393. The van der Waals surface area contributed by atoms with Gasteiger partial charge in [-0.2, -0.15) is 0 Å². The Morgan fingerprint density at radius 2 is 2.00 bits per heavy atom. The van der Waals surface area contributed by atoms with Crippen molar-refractivity contribution in [3.63, 3.8) is 0 Å². The van der Waals surface area contributed by atoms with Crippen molar-refractivity contribution in [1.82, 2.24) is 5.43 Å². The summed E-state index contributed by atoms with van der Waals surface area (Å²) in [6.07, 6.45) is 4.73. The van der Waals surface area contributed by atoms with Gasteiger partial charge in [0, 0.05) is 6.04 Å². The van der Waals surface area contributed by atoms with Gasteiger partial charge in [0.15, 0.2) is 0 Å². The van der Waals surface area contributed by atoms with Crippen LogP contribution in [0.5, 0.6) is 0 Å². The molecule has 0 saturated heterocycles. The van der Waals surface area contributed by atoms with Gasteiger partial charge in [-0.25, -0.2) is 4.39 Å². The summed E-state index contributed by atoms with van der Waals surface area (Å²) < 4.78 is 13.3. The van der Waals surface area contributed by atoms with Crippen molar-refractivity contribution in [2.45, 2.75) is 45.6 Å². The molecular formula is C15H23FN2. The topological polar surface area (TPSA) is 38.0 Å². The quantitative estimate of drug-likeness (QED) is 0.636. The van der Waals surface area contributed by atoms with Gasteiger partial charge in [-0.3, -0.25) is 11.3 Å². The van der Waals surface area contributed by atoms with E-state index in [1.54, 1.807) is 12.1 Å². The molecule has 1 atom stereocenters. The van der Waals surface area contributed by atoms with Gasteiger partial charge in [0.2, 0.25) is 0 Å². The molecule has 1 aromatic carbocycles. The molecule has 1 fully saturated rings. The van der Waals surface area contributed by atoms with Crippen LogP contribution in [0.1, 0.15) is 51.1 Å². The maximum absolute atomic E-state index is 13.3. The molecule has 3 heteroatoms. The zero-order valence-electron chi connectivity index (χ0n) is 11.2. The van der Waals surface area contributed by atoms with Crippen molar-refractivity contribution in [3.8, 4) is 0 Å². The Labute approximate surface area is 109 Å². The molecule has 1 aliphatic rings. The molecule has 0 spiro atoms. The first-order valence-electron chi connectivity index (χ1n) is 6.73. The summed E-state index contributed by atoms with van der Waals surface area (Å²) in [6.45, 7) is 4.63. The fourth-order valence-electron chi connectivity index (χ4n) is 2.96. The van der Waals surface area contributed by atoms with Crippen molar-refractivity contribution in [3.05, 3.63) is 35.6 Å². The van der Waals surface area contributed by atoms with Gasteiger partial charge in [0.25, 0.3) is 0 Å². The second kappa shape index (κ2) is 5.37. The van der Waals surface area contributed by atoms with E-state index in [2.05, 4.69) is 19.3 Å². The number of benzene rings is 1. The number of nitrogens with two attached hydrogens (primary N) is 1. The Hall–Kier alpha value is -0.930. The fraction of sp³-hybridized carbons (Fsp3) is 0.600. The molecule has 0 radical (unpaired) electrons. The zero-order valence-corrected chi connectivity index (χ0v) is 11.2. The Morgan fingerprint density at radius 3 is 2.56 bits per heavy atom. The first kappa shape index (κ1) is 13.5. The van der Waals surface area contributed by atoms with Crippen LogP contribution in [0, 0.1) is 17.2 Å². The largest absolute Gasteiger partial charge is 0.271 e. The van der Waals surface area contributed by atoms with E-state index in [1.807, 2.05) is 6.07 Å². The Morgan fingerprint density at radius 1 is 1.33 bits per heavy atom. The molecule has 0 aromatic heterocycles. The van der Waals surface area contributed by atoms with E-state index in [1.165, 1.54) is 18.9 Å². The fourth-order valence-corrected chi connectivity index (χ4v) is 2.96. The average Bonchev–Trinajstić information content (AvgIpc) is 2.32. The lowest BCUT2D eigenvalue weighted by atomic mass is 9.70. The molecule has 1 unspecified atom stereocenters. The van der Waals surface area contributed by atoms with E-state index in [4.69, 9.17) is 5.84 Å². The molecule has 0 heterocycles. The molecule has 0 bridgehead atoms. The first-order valence-corrected chi connectivity index (χ1v) is 6.73. The van der Waals surface area contributed by atoms with Gasteiger partial charge in [0.05, 0.1) is 0 Å². The van der Waals surface area contributed by atoms with E-state index in [0.717, 1.165) is 18.4 Å². The minimum atomic E-state index is -0.191. The smallest absolute Gasteiger partial charge is 0.123 e. The summed E-state index contributed by atoms with van der Waals surface area (Å²) in [6, 6.07) is 6.83. The minimum Gasteiger partial charge on any atom is -0.271 e. The van der Waals surface area contributed by atoms with Crippen LogP contribution < -0.4 is 11.3 Å². The molecule has 0 amide bonds. The Balaban J connectivity index is 2.10. The van der Waals surface area contributed by atoms with Crippen LogP contribution in [0.3, 0.4) is 0 Å². The SMILES string of the molecule is CC1(C)CCC(C(NN)c2cccc(F)c2)CC1. The van der Waals surface area contributed by atoms with E-state index < -0.39 is 0 Å². The van der Waals surface area contributed by atoms with E-state index >= 15 is 0 Å². The number of hydrogen-bond donors (Lipinski definition) is 2. The second-order valence-electron chi connectivity index (χ2n) is 6.20. The molecule has 1 saturated carbocycles. The van der Waals surface area contributed by atoms with E-state index in [-0.39, 0.29) is 11.9 Å². The lowest BCUT2D eigenvalue weighted by Crippen LogP contribution is -2.36. The Kier molecular flexibility index (Phi) is 4.03. The number of hydrazine groups is 1. The van der Waals surface area contributed by atoms with Crippen molar-refractivity contribution >= 4 is 0 Å². The van der Waals surface area contributed by atoms with Crippen LogP contribution in [0.25, 0.3) is 0 Å². The van der Waals surface area contributed by atoms with Crippen LogP contribution >= 0.6 is 0 Å². The van der Waals surface area contributed by atoms with Crippen LogP contribution in [0.15, 0.2) is 24.3 Å². The van der Waals surface area contributed by atoms with E-state index in [0.29, 0.717) is 11.3 Å². The number of halogens is 1. The molecule has 2 nitrogen and oxygen atoms in total. The molecule has 100 valence electrons. The molecule has 2 rings (SSSR count). The second-order valence-corrected chi connectivity index (χ2v) is 6.20. The third-order valence-corrected chi connectivity index (χ3v) is 4.24. The highest BCUT2D eigenvalue weighted by atomic mass is 19.1. The summed E-state index contributed by atoms with van der Waals surface area (Å²) in [4.78, 5) is 0. The first-order chi connectivity index (χ1) is 8.52. The highest BCUT2D eigenvalue weighted by molar-refractivity contribution is 5.21. The molecule has 0 aliphatic heterocycles. The normalized spacial score (nSPS) is 21.8. The van der Waals surface area contributed by atoms with Crippen LogP contribution in [0.2, 0.25) is 0 Å². The van der Waals surface area contributed by atoms with Gasteiger partial charge >= 0.3 is 0 Å². The van der Waals surface area contributed by atoms with Crippen LogP contribution in [-0.2, 0) is 0 Å². The molecular weight excluding hydrogens is 227 g/mol. The summed E-state index contributed by atoms with van der Waals surface area (Å²) in [7, 11) is 0. The van der Waals surface area contributed by atoms with Crippen LogP contribution in [-0.4, -0.2) is 0 Å². The third-order valence-electron chi connectivity index (χ3n) is 4.24. The maximum Gasteiger partial charge on any atom is 0.123 e. The average molecular weight is 250 g/mol. The molecule has 1 aliphatic carbocycles. The summed E-state index contributed by atoms with van der Waals surface area (Å²) >= 11 is 0. The van der Waals surface area contributed by atoms with Gasteiger partial charge in [-0.15, -0.1) is 0 Å². The zero-order chi connectivity index (χ0) is 13.2. The van der Waals surface area contributed by atoms with Gasteiger partial charge in [0.1, 0.15) is 5.82 Å². The monoisotopic (exact) mass is 250 g/mol.